The highest BCUT2D eigenvalue weighted by Gasteiger charge is 2.08. The molecule has 0 fully saturated rings. The van der Waals surface area contributed by atoms with Crippen molar-refractivity contribution < 1.29 is 8.83 Å². The van der Waals surface area contributed by atoms with Crippen molar-refractivity contribution in [1.82, 2.24) is 0 Å². The standard InChI is InChI=1S/C11H6O3/c12-11-8-5-6-13-10(8)7-3-1-2-4-9(7)14-11/h1-6H. The van der Waals surface area contributed by atoms with E-state index in [4.69, 9.17) is 8.83 Å². The zero-order valence-electron chi connectivity index (χ0n) is 7.19. The van der Waals surface area contributed by atoms with Crippen molar-refractivity contribution in [1.29, 1.82) is 0 Å². The maximum atomic E-state index is 11.4. The minimum absolute atomic E-state index is 0.354. The molecule has 2 aromatic heterocycles. The molecule has 0 saturated heterocycles. The highest BCUT2D eigenvalue weighted by Crippen LogP contribution is 2.22. The molecule has 0 saturated carbocycles. The van der Waals surface area contributed by atoms with Crippen LogP contribution in [0.5, 0.6) is 0 Å². The fraction of sp³-hybridized carbons (Fsp3) is 0. The van der Waals surface area contributed by atoms with Gasteiger partial charge in [0.2, 0.25) is 0 Å². The predicted octanol–water partition coefficient (Wildman–Crippen LogP) is 2.54. The van der Waals surface area contributed by atoms with Gasteiger partial charge in [-0.15, -0.1) is 0 Å². The van der Waals surface area contributed by atoms with Crippen molar-refractivity contribution in [3.8, 4) is 0 Å². The molecule has 0 aliphatic rings. The number of para-hydroxylation sites is 1. The molecule has 0 unspecified atom stereocenters. The lowest BCUT2D eigenvalue weighted by molar-refractivity contribution is 0.564. The summed E-state index contributed by atoms with van der Waals surface area (Å²) in [5.41, 5.74) is 0.796. The van der Waals surface area contributed by atoms with Crippen molar-refractivity contribution in [3.05, 3.63) is 47.0 Å². The van der Waals surface area contributed by atoms with Gasteiger partial charge in [0.15, 0.2) is 5.58 Å². The largest absolute Gasteiger partial charge is 0.463 e. The summed E-state index contributed by atoms with van der Waals surface area (Å²) < 4.78 is 10.4. The molecule has 0 amide bonds. The summed E-state index contributed by atoms with van der Waals surface area (Å²) in [5, 5.41) is 1.32. The van der Waals surface area contributed by atoms with Crippen molar-refractivity contribution in [2.24, 2.45) is 0 Å². The van der Waals surface area contributed by atoms with Crippen LogP contribution in [0.1, 0.15) is 0 Å². The SMILES string of the molecule is O=c1oc2ccccc2c2occc12. The second-order valence-corrected chi connectivity index (χ2v) is 3.05. The van der Waals surface area contributed by atoms with Crippen LogP contribution in [0.4, 0.5) is 0 Å². The van der Waals surface area contributed by atoms with Crippen LogP contribution in [-0.4, -0.2) is 0 Å². The molecule has 2 heterocycles. The van der Waals surface area contributed by atoms with Crippen LogP contribution in [0.15, 0.2) is 50.2 Å². The van der Waals surface area contributed by atoms with Crippen LogP contribution in [0.2, 0.25) is 0 Å². The van der Waals surface area contributed by atoms with Gasteiger partial charge in [-0.25, -0.2) is 4.79 Å². The first-order valence-electron chi connectivity index (χ1n) is 4.25. The van der Waals surface area contributed by atoms with Gasteiger partial charge in [-0.2, -0.15) is 0 Å². The molecule has 3 nitrogen and oxygen atoms in total. The van der Waals surface area contributed by atoms with Crippen LogP contribution in [0.25, 0.3) is 21.9 Å². The summed E-state index contributed by atoms with van der Waals surface area (Å²) in [5.74, 6) is 0. The van der Waals surface area contributed by atoms with Crippen molar-refractivity contribution in [2.75, 3.05) is 0 Å². The number of fused-ring (bicyclic) bond motifs is 3. The molecule has 3 rings (SSSR count). The zero-order chi connectivity index (χ0) is 9.54. The number of hydrogen-bond donors (Lipinski definition) is 0. The molecule has 0 bridgehead atoms. The number of furan rings is 1. The molecule has 14 heavy (non-hydrogen) atoms. The summed E-state index contributed by atoms with van der Waals surface area (Å²) in [6.07, 6.45) is 1.49. The van der Waals surface area contributed by atoms with Gasteiger partial charge in [0.25, 0.3) is 0 Å². The molecular weight excluding hydrogens is 180 g/mol. The van der Waals surface area contributed by atoms with Crippen molar-refractivity contribution in [2.45, 2.75) is 0 Å². The molecule has 0 N–H and O–H groups in total. The Balaban J connectivity index is 2.73. The van der Waals surface area contributed by atoms with E-state index in [9.17, 15) is 4.79 Å². The lowest BCUT2D eigenvalue weighted by atomic mass is 10.2. The van der Waals surface area contributed by atoms with Gasteiger partial charge in [-0.3, -0.25) is 0 Å². The van der Waals surface area contributed by atoms with Crippen LogP contribution in [0.3, 0.4) is 0 Å². The second-order valence-electron chi connectivity index (χ2n) is 3.05. The molecule has 1 aromatic carbocycles. The lowest BCUT2D eigenvalue weighted by Crippen LogP contribution is -1.96. The maximum Gasteiger partial charge on any atom is 0.347 e. The average molecular weight is 186 g/mol. The van der Waals surface area contributed by atoms with Gasteiger partial charge < -0.3 is 8.83 Å². The molecule has 3 heteroatoms. The third-order valence-corrected chi connectivity index (χ3v) is 2.22. The Kier molecular flexibility index (Phi) is 1.31. The minimum atomic E-state index is -0.354. The Morgan fingerprint density at radius 3 is 2.79 bits per heavy atom. The van der Waals surface area contributed by atoms with E-state index in [2.05, 4.69) is 0 Å². The molecule has 3 aromatic rings. The Bertz CT molecular complexity index is 661. The van der Waals surface area contributed by atoms with E-state index >= 15 is 0 Å². The van der Waals surface area contributed by atoms with Gasteiger partial charge in [-0.05, 0) is 18.2 Å². The fourth-order valence-corrected chi connectivity index (χ4v) is 1.58. The Morgan fingerprint density at radius 1 is 1.00 bits per heavy atom. The number of rotatable bonds is 0. The van der Waals surface area contributed by atoms with Crippen molar-refractivity contribution >= 4 is 21.9 Å². The van der Waals surface area contributed by atoms with E-state index in [1.165, 1.54) is 6.26 Å². The first-order valence-corrected chi connectivity index (χ1v) is 4.25. The summed E-state index contributed by atoms with van der Waals surface area (Å²) in [6, 6.07) is 8.93. The third-order valence-electron chi connectivity index (χ3n) is 2.22. The quantitative estimate of drug-likeness (QED) is 0.506. The maximum absolute atomic E-state index is 11.4. The highest BCUT2D eigenvalue weighted by atomic mass is 16.4. The van der Waals surface area contributed by atoms with Gasteiger partial charge in [0.05, 0.1) is 11.6 Å². The first-order chi connectivity index (χ1) is 6.86. The van der Waals surface area contributed by atoms with Crippen molar-refractivity contribution in [3.63, 3.8) is 0 Å². The first kappa shape index (κ1) is 7.38. The monoisotopic (exact) mass is 186 g/mol. The minimum Gasteiger partial charge on any atom is -0.463 e. The lowest BCUT2D eigenvalue weighted by Gasteiger charge is -1.95. The third kappa shape index (κ3) is 0.836. The van der Waals surface area contributed by atoms with E-state index in [0.29, 0.717) is 16.6 Å². The zero-order valence-corrected chi connectivity index (χ0v) is 7.19. The summed E-state index contributed by atoms with van der Waals surface area (Å²) in [7, 11) is 0. The fourth-order valence-electron chi connectivity index (χ4n) is 1.58. The van der Waals surface area contributed by atoms with Crippen LogP contribution in [-0.2, 0) is 0 Å². The molecule has 0 spiro atoms. The summed E-state index contributed by atoms with van der Waals surface area (Å²) >= 11 is 0. The van der Waals surface area contributed by atoms with E-state index < -0.39 is 0 Å². The van der Waals surface area contributed by atoms with Gasteiger partial charge in [0, 0.05) is 0 Å². The smallest absolute Gasteiger partial charge is 0.347 e. The predicted molar refractivity (Wildman–Crippen MR) is 52.3 cm³/mol. The summed E-state index contributed by atoms with van der Waals surface area (Å²) in [4.78, 5) is 11.4. The number of hydrogen-bond acceptors (Lipinski definition) is 3. The van der Waals surface area contributed by atoms with Gasteiger partial charge in [0.1, 0.15) is 11.0 Å². The molecule has 0 atom stereocenters. The Morgan fingerprint density at radius 2 is 1.86 bits per heavy atom. The van der Waals surface area contributed by atoms with Gasteiger partial charge in [-0.1, -0.05) is 12.1 Å². The number of benzene rings is 1. The Labute approximate surface area is 78.6 Å². The molecule has 0 radical (unpaired) electrons. The highest BCUT2D eigenvalue weighted by molar-refractivity contribution is 6.00. The molecule has 0 aliphatic heterocycles. The molecule has 68 valence electrons. The van der Waals surface area contributed by atoms with E-state index in [1.807, 2.05) is 18.2 Å². The van der Waals surface area contributed by atoms with E-state index in [-0.39, 0.29) is 5.63 Å². The van der Waals surface area contributed by atoms with Gasteiger partial charge >= 0.3 is 5.63 Å². The second kappa shape index (κ2) is 2.48. The molecular formula is C11H6O3. The summed E-state index contributed by atoms with van der Waals surface area (Å²) in [6.45, 7) is 0. The van der Waals surface area contributed by atoms with E-state index in [1.54, 1.807) is 12.1 Å². The van der Waals surface area contributed by atoms with E-state index in [0.717, 1.165) is 5.39 Å². The van der Waals surface area contributed by atoms with Crippen LogP contribution in [0, 0.1) is 0 Å². The normalized spacial score (nSPS) is 11.1. The van der Waals surface area contributed by atoms with Crippen LogP contribution >= 0.6 is 0 Å². The molecule has 0 aliphatic carbocycles. The van der Waals surface area contributed by atoms with Crippen LogP contribution < -0.4 is 5.63 Å². The Hall–Kier alpha value is -2.03. The average Bonchev–Trinajstić information content (AvgIpc) is 2.67. The topological polar surface area (TPSA) is 43.4 Å².